The molecule has 4 aliphatic rings. The number of hydrogen-bond donors (Lipinski definition) is 0. The van der Waals surface area contributed by atoms with Crippen molar-refractivity contribution >= 4 is 5.57 Å². The molecule has 2 aliphatic carbocycles. The number of para-hydroxylation sites is 1. The van der Waals surface area contributed by atoms with Gasteiger partial charge in [0.2, 0.25) is 0 Å². The maximum Gasteiger partial charge on any atom is 0.352 e. The second kappa shape index (κ2) is 5.38. The van der Waals surface area contributed by atoms with E-state index in [1.54, 1.807) is 21.5 Å². The van der Waals surface area contributed by atoms with Gasteiger partial charge in [-0.2, -0.15) is 0 Å². The van der Waals surface area contributed by atoms with Gasteiger partial charge in [0.05, 0.1) is 17.8 Å². The Kier molecular flexibility index (Phi) is 3.08. The molecule has 0 amide bonds. The highest BCUT2D eigenvalue weighted by Gasteiger charge is 2.62. The Morgan fingerprint density at radius 3 is 2.14 bits per heavy atom. The second-order valence-electron chi connectivity index (χ2n) is 8.41. The van der Waals surface area contributed by atoms with Crippen LogP contribution in [0.2, 0.25) is 0 Å². The zero-order valence-electron chi connectivity index (χ0n) is 16.3. The molecule has 2 bridgehead atoms. The van der Waals surface area contributed by atoms with Crippen molar-refractivity contribution in [3.8, 4) is 5.69 Å². The number of nitrogens with zero attached hydrogens (tertiary/aromatic N) is 3. The van der Waals surface area contributed by atoms with E-state index in [9.17, 15) is 9.59 Å². The molecular formula is C24H21N3O2. The molecule has 144 valence electrons. The first-order chi connectivity index (χ1) is 14.0. The molecule has 2 aliphatic heterocycles. The van der Waals surface area contributed by atoms with E-state index in [0.717, 1.165) is 0 Å². The molecule has 0 radical (unpaired) electrons. The lowest BCUT2D eigenvalue weighted by Gasteiger charge is -2.61. The lowest BCUT2D eigenvalue weighted by molar-refractivity contribution is 0.0516. The molecule has 0 unspecified atom stereocenters. The Hall–Kier alpha value is -3.34. The molecule has 5 nitrogen and oxygen atoms in total. The SMILES string of the molecule is CC1=C(c2ccccc2)[C@H]2[C@H]3C=C[C@@H](n4c(=O)n(-c5ccccc5)c(=O)n43)[C@@]12C. The van der Waals surface area contributed by atoms with Gasteiger partial charge in [-0.3, -0.25) is 0 Å². The van der Waals surface area contributed by atoms with Crippen molar-refractivity contribution in [1.82, 2.24) is 13.9 Å². The van der Waals surface area contributed by atoms with Crippen LogP contribution < -0.4 is 11.4 Å². The number of rotatable bonds is 2. The smallest absolute Gasteiger partial charge is 0.245 e. The summed E-state index contributed by atoms with van der Waals surface area (Å²) in [6.07, 6.45) is 4.23. The van der Waals surface area contributed by atoms with Crippen LogP contribution in [0.25, 0.3) is 11.3 Å². The van der Waals surface area contributed by atoms with Crippen LogP contribution >= 0.6 is 0 Å². The standard InChI is InChI=1S/C24H21N3O2/c1-15-20(16-9-5-3-6-10-16)21-18-13-14-19(24(15,21)2)27-23(29)25(22(28)26(18)27)17-11-7-4-8-12-17/h3-14,18-19,21H,1-2H3/t18-,19-,21-,24-/m1/s1. The summed E-state index contributed by atoms with van der Waals surface area (Å²) >= 11 is 0. The monoisotopic (exact) mass is 383 g/mol. The normalized spacial score (nSPS) is 28.8. The van der Waals surface area contributed by atoms with Crippen LogP contribution in [0.1, 0.15) is 31.5 Å². The molecule has 1 aromatic heterocycles. The second-order valence-corrected chi connectivity index (χ2v) is 8.41. The van der Waals surface area contributed by atoms with E-state index < -0.39 is 0 Å². The summed E-state index contributed by atoms with van der Waals surface area (Å²) in [6.45, 7) is 4.41. The first kappa shape index (κ1) is 16.6. The number of benzene rings is 2. The lowest BCUT2D eigenvalue weighted by atomic mass is 9.48. The van der Waals surface area contributed by atoms with Crippen molar-refractivity contribution in [3.63, 3.8) is 0 Å². The Balaban J connectivity index is 1.59. The van der Waals surface area contributed by atoms with Crippen molar-refractivity contribution < 1.29 is 0 Å². The summed E-state index contributed by atoms with van der Waals surface area (Å²) < 4.78 is 4.67. The largest absolute Gasteiger partial charge is 0.352 e. The summed E-state index contributed by atoms with van der Waals surface area (Å²) in [5.41, 5.74) is 3.75. The van der Waals surface area contributed by atoms with Gasteiger partial charge in [-0.25, -0.2) is 23.5 Å². The summed E-state index contributed by atoms with van der Waals surface area (Å²) in [5, 5.41) is 0. The third-order valence-corrected chi connectivity index (χ3v) is 7.27. The topological polar surface area (TPSA) is 48.9 Å². The maximum absolute atomic E-state index is 13.4. The molecule has 3 aromatic rings. The van der Waals surface area contributed by atoms with Crippen molar-refractivity contribution in [2.75, 3.05) is 0 Å². The number of aromatic nitrogens is 3. The maximum atomic E-state index is 13.4. The fourth-order valence-corrected chi connectivity index (χ4v) is 5.81. The molecule has 3 heterocycles. The van der Waals surface area contributed by atoms with Gasteiger partial charge in [-0.05, 0) is 30.2 Å². The third kappa shape index (κ3) is 1.81. The van der Waals surface area contributed by atoms with Gasteiger partial charge in [-0.15, -0.1) is 0 Å². The third-order valence-electron chi connectivity index (χ3n) is 7.27. The molecular weight excluding hydrogens is 362 g/mol. The fraction of sp³-hybridized carbons (Fsp3) is 0.250. The Morgan fingerprint density at radius 2 is 1.45 bits per heavy atom. The van der Waals surface area contributed by atoms with E-state index in [-0.39, 0.29) is 34.8 Å². The predicted molar refractivity (Wildman–Crippen MR) is 112 cm³/mol. The van der Waals surface area contributed by atoms with Gasteiger partial charge in [-0.1, -0.05) is 73.2 Å². The molecule has 7 rings (SSSR count). The minimum atomic E-state index is -0.264. The molecule has 2 aromatic carbocycles. The average Bonchev–Trinajstić information content (AvgIpc) is 3.03. The van der Waals surface area contributed by atoms with Gasteiger partial charge in [0.1, 0.15) is 0 Å². The Labute approximate surface area is 167 Å². The van der Waals surface area contributed by atoms with Crippen LogP contribution in [0.4, 0.5) is 0 Å². The van der Waals surface area contributed by atoms with Crippen LogP contribution in [-0.2, 0) is 0 Å². The van der Waals surface area contributed by atoms with E-state index in [0.29, 0.717) is 5.69 Å². The van der Waals surface area contributed by atoms with Crippen LogP contribution in [0.5, 0.6) is 0 Å². The van der Waals surface area contributed by atoms with Gasteiger partial charge < -0.3 is 0 Å². The molecule has 0 saturated heterocycles. The quantitative estimate of drug-likeness (QED) is 0.635. The Bertz CT molecular complexity index is 1320. The molecule has 5 heteroatoms. The van der Waals surface area contributed by atoms with Crippen LogP contribution in [0.15, 0.2) is 88.0 Å². The van der Waals surface area contributed by atoms with Crippen molar-refractivity contribution in [1.29, 1.82) is 0 Å². The lowest BCUT2D eigenvalue weighted by Crippen LogP contribution is -2.59. The summed E-state index contributed by atoms with van der Waals surface area (Å²) in [6, 6.07) is 19.3. The van der Waals surface area contributed by atoms with Crippen molar-refractivity contribution in [2.24, 2.45) is 11.3 Å². The minimum Gasteiger partial charge on any atom is -0.245 e. The average molecular weight is 383 g/mol. The summed E-state index contributed by atoms with van der Waals surface area (Å²) in [4.78, 5) is 26.7. The molecule has 4 atom stereocenters. The highest BCUT2D eigenvalue weighted by atomic mass is 16.2. The van der Waals surface area contributed by atoms with Crippen LogP contribution in [0.3, 0.4) is 0 Å². The van der Waals surface area contributed by atoms with Gasteiger partial charge in [0, 0.05) is 11.3 Å². The molecule has 0 N–H and O–H groups in total. The van der Waals surface area contributed by atoms with E-state index >= 15 is 0 Å². The summed E-state index contributed by atoms with van der Waals surface area (Å²) in [7, 11) is 0. The van der Waals surface area contributed by atoms with E-state index in [1.165, 1.54) is 21.3 Å². The highest BCUT2D eigenvalue weighted by molar-refractivity contribution is 5.80. The van der Waals surface area contributed by atoms with Gasteiger partial charge in [0.15, 0.2) is 0 Å². The van der Waals surface area contributed by atoms with Crippen molar-refractivity contribution in [3.05, 3.63) is 105 Å². The van der Waals surface area contributed by atoms with E-state index in [4.69, 9.17) is 0 Å². The number of allylic oxidation sites excluding steroid dienone is 4. The van der Waals surface area contributed by atoms with Crippen LogP contribution in [-0.4, -0.2) is 13.9 Å². The van der Waals surface area contributed by atoms with Gasteiger partial charge in [0.25, 0.3) is 0 Å². The van der Waals surface area contributed by atoms with Crippen LogP contribution in [0, 0.1) is 11.3 Å². The first-order valence-corrected chi connectivity index (χ1v) is 10.0. The minimum absolute atomic E-state index is 0.157. The molecule has 0 fully saturated rings. The molecule has 0 saturated carbocycles. The van der Waals surface area contributed by atoms with E-state index in [2.05, 4.69) is 50.3 Å². The number of hydrogen-bond acceptors (Lipinski definition) is 2. The van der Waals surface area contributed by atoms with Gasteiger partial charge >= 0.3 is 11.4 Å². The summed E-state index contributed by atoms with van der Waals surface area (Å²) in [5.74, 6) is 0.184. The molecule has 0 spiro atoms. The van der Waals surface area contributed by atoms with Crippen molar-refractivity contribution in [2.45, 2.75) is 25.9 Å². The van der Waals surface area contributed by atoms with E-state index in [1.807, 2.05) is 24.3 Å². The first-order valence-electron chi connectivity index (χ1n) is 10.0. The zero-order chi connectivity index (χ0) is 19.9. The zero-order valence-corrected chi connectivity index (χ0v) is 16.3. The Morgan fingerprint density at radius 1 is 0.828 bits per heavy atom. The highest BCUT2D eigenvalue weighted by Crippen LogP contribution is 2.68. The fourth-order valence-electron chi connectivity index (χ4n) is 5.81. The molecule has 29 heavy (non-hydrogen) atoms. The predicted octanol–water partition coefficient (Wildman–Crippen LogP) is 3.58.